The van der Waals surface area contributed by atoms with Gasteiger partial charge >= 0.3 is 0 Å². The SMILES string of the molecule is Cc1cnc(CN2C(C)CNCC2C)c(C)c1[N+](=O)[O-]. The Hall–Kier alpha value is -1.53. The van der Waals surface area contributed by atoms with Crippen LogP contribution in [0, 0.1) is 24.0 Å². The third-order valence-electron chi connectivity index (χ3n) is 4.10. The molecule has 2 heterocycles. The van der Waals surface area contributed by atoms with Crippen molar-refractivity contribution < 1.29 is 4.92 Å². The zero-order valence-corrected chi connectivity index (χ0v) is 12.5. The maximum absolute atomic E-state index is 11.2. The van der Waals surface area contributed by atoms with Gasteiger partial charge in [0.15, 0.2) is 0 Å². The van der Waals surface area contributed by atoms with Crippen LogP contribution in [0.25, 0.3) is 0 Å². The third-order valence-corrected chi connectivity index (χ3v) is 4.10. The zero-order valence-electron chi connectivity index (χ0n) is 12.5. The fraction of sp³-hybridized carbons (Fsp3) is 0.643. The highest BCUT2D eigenvalue weighted by Crippen LogP contribution is 2.26. The van der Waals surface area contributed by atoms with Gasteiger partial charge in [0.2, 0.25) is 0 Å². The standard InChI is InChI=1S/C14H22N4O2/c1-9-5-16-13(12(4)14(9)18(19)20)8-17-10(2)6-15-7-11(17)3/h5,10-11,15H,6-8H2,1-4H3. The highest BCUT2D eigenvalue weighted by molar-refractivity contribution is 5.47. The Bertz CT molecular complexity index is 508. The fourth-order valence-corrected chi connectivity index (χ4v) is 2.86. The summed E-state index contributed by atoms with van der Waals surface area (Å²) in [4.78, 5) is 17.6. The molecule has 20 heavy (non-hydrogen) atoms. The molecule has 1 fully saturated rings. The van der Waals surface area contributed by atoms with E-state index in [0.717, 1.165) is 18.8 Å². The van der Waals surface area contributed by atoms with Crippen molar-refractivity contribution in [2.75, 3.05) is 13.1 Å². The smallest absolute Gasteiger partial charge is 0.278 e. The van der Waals surface area contributed by atoms with Crippen molar-refractivity contribution in [3.05, 3.63) is 33.1 Å². The van der Waals surface area contributed by atoms with Gasteiger partial charge in [0.05, 0.1) is 10.6 Å². The van der Waals surface area contributed by atoms with Gasteiger partial charge in [0.1, 0.15) is 0 Å². The first kappa shape index (κ1) is 14.9. The van der Waals surface area contributed by atoms with Crippen molar-refractivity contribution in [3.8, 4) is 0 Å². The van der Waals surface area contributed by atoms with E-state index in [1.807, 2.05) is 0 Å². The van der Waals surface area contributed by atoms with E-state index in [1.54, 1.807) is 20.0 Å². The summed E-state index contributed by atoms with van der Waals surface area (Å²) in [5, 5.41) is 14.6. The van der Waals surface area contributed by atoms with Crippen LogP contribution in [0.1, 0.15) is 30.7 Å². The molecular formula is C14H22N4O2. The molecule has 1 aliphatic heterocycles. The molecule has 2 atom stereocenters. The molecule has 0 aromatic carbocycles. The van der Waals surface area contributed by atoms with Gasteiger partial charge in [0, 0.05) is 49.0 Å². The first-order chi connectivity index (χ1) is 9.41. The average molecular weight is 278 g/mol. The molecule has 0 aliphatic carbocycles. The van der Waals surface area contributed by atoms with E-state index in [1.165, 1.54) is 0 Å². The Kier molecular flexibility index (Phi) is 4.35. The molecule has 1 N–H and O–H groups in total. The van der Waals surface area contributed by atoms with Crippen molar-refractivity contribution >= 4 is 5.69 Å². The van der Waals surface area contributed by atoms with E-state index in [0.29, 0.717) is 29.8 Å². The van der Waals surface area contributed by atoms with Crippen molar-refractivity contribution in [3.63, 3.8) is 0 Å². The van der Waals surface area contributed by atoms with Crippen LogP contribution in [-0.2, 0) is 6.54 Å². The Labute approximate surface area is 119 Å². The average Bonchev–Trinajstić information content (AvgIpc) is 2.36. The molecule has 1 aromatic rings. The minimum absolute atomic E-state index is 0.199. The largest absolute Gasteiger partial charge is 0.314 e. The normalized spacial score (nSPS) is 23.8. The fourth-order valence-electron chi connectivity index (χ4n) is 2.86. The number of aryl methyl sites for hydroxylation is 1. The maximum Gasteiger partial charge on any atom is 0.278 e. The van der Waals surface area contributed by atoms with Crippen LogP contribution in [0.5, 0.6) is 0 Å². The molecule has 2 rings (SSSR count). The Balaban J connectivity index is 2.29. The molecule has 1 saturated heterocycles. The van der Waals surface area contributed by atoms with E-state index in [-0.39, 0.29) is 10.6 Å². The molecule has 2 unspecified atom stereocenters. The van der Waals surface area contributed by atoms with Crippen LogP contribution in [0.3, 0.4) is 0 Å². The molecule has 0 amide bonds. The predicted octanol–water partition coefficient (Wildman–Crippen LogP) is 1.79. The predicted molar refractivity (Wildman–Crippen MR) is 77.7 cm³/mol. The maximum atomic E-state index is 11.2. The molecule has 0 bridgehead atoms. The third kappa shape index (κ3) is 2.81. The van der Waals surface area contributed by atoms with E-state index in [2.05, 4.69) is 29.0 Å². The topological polar surface area (TPSA) is 71.3 Å². The van der Waals surface area contributed by atoms with Gasteiger partial charge in [-0.25, -0.2) is 0 Å². The summed E-state index contributed by atoms with van der Waals surface area (Å²) in [6.07, 6.45) is 1.61. The molecule has 1 aromatic heterocycles. The minimum atomic E-state index is -0.305. The van der Waals surface area contributed by atoms with Crippen LogP contribution >= 0.6 is 0 Å². The highest BCUT2D eigenvalue weighted by atomic mass is 16.6. The second-order valence-electron chi connectivity index (χ2n) is 5.65. The number of hydrogen-bond donors (Lipinski definition) is 1. The van der Waals surface area contributed by atoms with Crippen molar-refractivity contribution in [1.29, 1.82) is 0 Å². The lowest BCUT2D eigenvalue weighted by Crippen LogP contribution is -2.54. The number of nitro groups is 1. The van der Waals surface area contributed by atoms with Gasteiger partial charge < -0.3 is 5.32 Å². The molecular weight excluding hydrogens is 256 g/mol. The second-order valence-corrected chi connectivity index (χ2v) is 5.65. The van der Waals surface area contributed by atoms with E-state index < -0.39 is 0 Å². The van der Waals surface area contributed by atoms with Crippen molar-refractivity contribution in [1.82, 2.24) is 15.2 Å². The van der Waals surface area contributed by atoms with Gasteiger partial charge in [-0.2, -0.15) is 0 Å². The summed E-state index contributed by atoms with van der Waals surface area (Å²) in [5.74, 6) is 0. The van der Waals surface area contributed by atoms with Crippen LogP contribution in [0.15, 0.2) is 6.20 Å². The molecule has 0 radical (unpaired) electrons. The summed E-state index contributed by atoms with van der Waals surface area (Å²) < 4.78 is 0. The highest BCUT2D eigenvalue weighted by Gasteiger charge is 2.27. The molecule has 0 spiro atoms. The van der Waals surface area contributed by atoms with Crippen LogP contribution in [0.2, 0.25) is 0 Å². The number of nitrogens with zero attached hydrogens (tertiary/aromatic N) is 3. The summed E-state index contributed by atoms with van der Waals surface area (Å²) in [5.41, 5.74) is 2.32. The van der Waals surface area contributed by atoms with Crippen LogP contribution < -0.4 is 5.32 Å². The van der Waals surface area contributed by atoms with Crippen LogP contribution in [-0.4, -0.2) is 40.0 Å². The Morgan fingerprint density at radius 1 is 1.40 bits per heavy atom. The first-order valence-corrected chi connectivity index (χ1v) is 6.97. The van der Waals surface area contributed by atoms with E-state index in [4.69, 9.17) is 0 Å². The van der Waals surface area contributed by atoms with Gasteiger partial charge in [0.25, 0.3) is 5.69 Å². The number of hydrogen-bond acceptors (Lipinski definition) is 5. The molecule has 110 valence electrons. The van der Waals surface area contributed by atoms with Gasteiger partial charge in [-0.15, -0.1) is 0 Å². The molecule has 6 heteroatoms. The zero-order chi connectivity index (χ0) is 14.9. The quantitative estimate of drug-likeness (QED) is 0.674. The molecule has 6 nitrogen and oxygen atoms in total. The van der Waals surface area contributed by atoms with E-state index >= 15 is 0 Å². The Morgan fingerprint density at radius 2 is 2.00 bits per heavy atom. The summed E-state index contributed by atoms with van der Waals surface area (Å²) in [7, 11) is 0. The lowest BCUT2D eigenvalue weighted by Gasteiger charge is -2.39. The number of pyridine rings is 1. The second kappa shape index (κ2) is 5.85. The van der Waals surface area contributed by atoms with Gasteiger partial charge in [-0.05, 0) is 27.7 Å². The number of rotatable bonds is 3. The minimum Gasteiger partial charge on any atom is -0.314 e. The number of nitrogens with one attached hydrogen (secondary N) is 1. The van der Waals surface area contributed by atoms with Crippen molar-refractivity contribution in [2.45, 2.75) is 46.3 Å². The number of piperazine rings is 1. The lowest BCUT2D eigenvalue weighted by atomic mass is 10.1. The lowest BCUT2D eigenvalue weighted by molar-refractivity contribution is -0.386. The molecule has 0 saturated carbocycles. The van der Waals surface area contributed by atoms with Gasteiger partial charge in [-0.3, -0.25) is 20.0 Å². The van der Waals surface area contributed by atoms with Gasteiger partial charge in [-0.1, -0.05) is 0 Å². The van der Waals surface area contributed by atoms with Crippen LogP contribution in [0.4, 0.5) is 5.69 Å². The number of aromatic nitrogens is 1. The monoisotopic (exact) mass is 278 g/mol. The van der Waals surface area contributed by atoms with E-state index in [9.17, 15) is 10.1 Å². The molecule has 1 aliphatic rings. The van der Waals surface area contributed by atoms with Crippen molar-refractivity contribution in [2.24, 2.45) is 0 Å². The Morgan fingerprint density at radius 3 is 2.55 bits per heavy atom. The first-order valence-electron chi connectivity index (χ1n) is 6.97. The summed E-state index contributed by atoms with van der Waals surface area (Å²) in [6.45, 7) is 10.4. The summed E-state index contributed by atoms with van der Waals surface area (Å²) in [6, 6.07) is 0.806. The summed E-state index contributed by atoms with van der Waals surface area (Å²) >= 11 is 0.